The molecule has 0 aliphatic carbocycles. The van der Waals surface area contributed by atoms with Gasteiger partial charge in [0.15, 0.2) is 0 Å². The first-order valence-corrected chi connectivity index (χ1v) is 6.51. The van der Waals surface area contributed by atoms with Gasteiger partial charge in [0, 0.05) is 6.20 Å². The molecule has 0 aromatic carbocycles. The number of hydrogen-bond acceptors (Lipinski definition) is 4. The smallest absolute Gasteiger partial charge is 0.449 e. The predicted molar refractivity (Wildman–Crippen MR) is 72.4 cm³/mol. The third-order valence-electron chi connectivity index (χ3n) is 3.26. The molecule has 0 fully saturated rings. The van der Waals surface area contributed by atoms with Crippen molar-refractivity contribution in [2.24, 2.45) is 0 Å². The van der Waals surface area contributed by atoms with E-state index in [1.54, 1.807) is 12.3 Å². The number of aromatic nitrogens is 1. The second-order valence-electron chi connectivity index (χ2n) is 4.98. The summed E-state index contributed by atoms with van der Waals surface area (Å²) in [4.78, 5) is 17.6. The van der Waals surface area contributed by atoms with Crippen LogP contribution in [-0.4, -0.2) is 17.4 Å². The number of pyridine rings is 1. The Bertz CT molecular complexity index is 724. The summed E-state index contributed by atoms with van der Waals surface area (Å²) in [7, 11) is 0. The lowest BCUT2D eigenvalue weighted by atomic mass is 10.2. The molecule has 1 aliphatic heterocycles. The maximum atomic E-state index is 12.6. The zero-order valence-corrected chi connectivity index (χ0v) is 11.6. The number of alkyl halides is 3. The van der Waals surface area contributed by atoms with Crippen molar-refractivity contribution in [2.75, 3.05) is 16.8 Å². The Morgan fingerprint density at radius 1 is 1.41 bits per heavy atom. The van der Waals surface area contributed by atoms with E-state index in [1.165, 1.54) is 11.0 Å². The Morgan fingerprint density at radius 3 is 2.86 bits per heavy atom. The molecule has 1 N–H and O–H groups in total. The lowest BCUT2D eigenvalue weighted by Gasteiger charge is -2.29. The Kier molecular flexibility index (Phi) is 3.31. The molecule has 0 spiro atoms. The van der Waals surface area contributed by atoms with Gasteiger partial charge in [0.25, 0.3) is 0 Å². The topological polar surface area (TPSA) is 58.4 Å². The van der Waals surface area contributed by atoms with Crippen molar-refractivity contribution < 1.29 is 22.4 Å². The van der Waals surface area contributed by atoms with Gasteiger partial charge in [0.2, 0.25) is 11.7 Å². The van der Waals surface area contributed by atoms with Crippen molar-refractivity contribution in [3.05, 3.63) is 41.5 Å². The monoisotopic (exact) mass is 311 g/mol. The second-order valence-corrected chi connectivity index (χ2v) is 4.98. The van der Waals surface area contributed by atoms with Crippen LogP contribution in [0.1, 0.15) is 17.1 Å². The molecule has 116 valence electrons. The molecule has 0 radical (unpaired) electrons. The predicted octanol–water partition coefficient (Wildman–Crippen LogP) is 2.96. The van der Waals surface area contributed by atoms with Crippen LogP contribution in [0.3, 0.4) is 0 Å². The molecule has 0 saturated carbocycles. The minimum Gasteiger partial charge on any atom is -0.455 e. The average molecular weight is 311 g/mol. The molecule has 2 aromatic rings. The number of rotatable bonds is 2. The molecule has 2 aromatic heterocycles. The van der Waals surface area contributed by atoms with E-state index in [-0.39, 0.29) is 24.8 Å². The molecule has 0 saturated heterocycles. The summed E-state index contributed by atoms with van der Waals surface area (Å²) >= 11 is 0. The maximum Gasteiger partial charge on any atom is 0.449 e. The van der Waals surface area contributed by atoms with Gasteiger partial charge in [-0.3, -0.25) is 9.69 Å². The normalized spacial score (nSPS) is 14.7. The summed E-state index contributed by atoms with van der Waals surface area (Å²) < 4.78 is 42.4. The summed E-state index contributed by atoms with van der Waals surface area (Å²) in [6, 6.07) is 3.83. The minimum absolute atomic E-state index is 0.0376. The van der Waals surface area contributed by atoms with Crippen LogP contribution in [0.15, 0.2) is 28.8 Å². The van der Waals surface area contributed by atoms with Gasteiger partial charge in [-0.15, -0.1) is 0 Å². The fourth-order valence-corrected chi connectivity index (χ4v) is 2.23. The van der Waals surface area contributed by atoms with Crippen LogP contribution in [0.5, 0.6) is 0 Å². The molecule has 5 nitrogen and oxygen atoms in total. The van der Waals surface area contributed by atoms with Crippen LogP contribution in [0.25, 0.3) is 0 Å². The van der Waals surface area contributed by atoms with Gasteiger partial charge in [-0.1, -0.05) is 0 Å². The highest BCUT2D eigenvalue weighted by atomic mass is 19.4. The third-order valence-corrected chi connectivity index (χ3v) is 3.26. The van der Waals surface area contributed by atoms with E-state index >= 15 is 0 Å². The van der Waals surface area contributed by atoms with Gasteiger partial charge < -0.3 is 9.73 Å². The lowest BCUT2D eigenvalue weighted by molar-refractivity contribution is -0.153. The van der Waals surface area contributed by atoms with E-state index in [9.17, 15) is 18.0 Å². The van der Waals surface area contributed by atoms with Gasteiger partial charge in [-0.05, 0) is 30.7 Å². The van der Waals surface area contributed by atoms with Crippen molar-refractivity contribution in [3.63, 3.8) is 0 Å². The number of fused-ring (bicyclic) bond motifs is 1. The van der Waals surface area contributed by atoms with Crippen molar-refractivity contribution in [2.45, 2.75) is 19.6 Å². The van der Waals surface area contributed by atoms with Crippen LogP contribution in [0, 0.1) is 6.92 Å². The van der Waals surface area contributed by atoms with E-state index < -0.39 is 11.9 Å². The largest absolute Gasteiger partial charge is 0.455 e. The van der Waals surface area contributed by atoms with Crippen LogP contribution in [-0.2, 0) is 17.5 Å². The Morgan fingerprint density at radius 2 is 2.18 bits per heavy atom. The molecule has 1 aliphatic rings. The Balaban J connectivity index is 1.90. The molecule has 1 amide bonds. The highest BCUT2D eigenvalue weighted by Crippen LogP contribution is 2.33. The van der Waals surface area contributed by atoms with Crippen LogP contribution >= 0.6 is 0 Å². The molecular weight excluding hydrogens is 299 g/mol. The van der Waals surface area contributed by atoms with Gasteiger partial charge in [-0.25, -0.2) is 4.98 Å². The first-order valence-electron chi connectivity index (χ1n) is 6.51. The number of hydrogen-bond donors (Lipinski definition) is 1. The molecule has 8 heteroatoms. The van der Waals surface area contributed by atoms with E-state index in [2.05, 4.69) is 10.3 Å². The van der Waals surface area contributed by atoms with Crippen molar-refractivity contribution in [1.82, 2.24) is 4.98 Å². The second kappa shape index (κ2) is 5.04. The van der Waals surface area contributed by atoms with Crippen LogP contribution < -0.4 is 10.2 Å². The Labute approximate surface area is 123 Å². The number of amides is 1. The number of aryl methyl sites for hydroxylation is 1. The molecule has 3 rings (SSSR count). The molecule has 3 heterocycles. The van der Waals surface area contributed by atoms with Crippen LogP contribution in [0.2, 0.25) is 0 Å². The minimum atomic E-state index is -4.54. The first-order chi connectivity index (χ1) is 10.3. The van der Waals surface area contributed by atoms with E-state index in [0.29, 0.717) is 11.5 Å². The Hall–Kier alpha value is -2.51. The quantitative estimate of drug-likeness (QED) is 0.926. The summed E-state index contributed by atoms with van der Waals surface area (Å²) in [5, 5.41) is 2.87. The molecular formula is C14H12F3N3O2. The number of carbonyl (C=O) groups is 1. The summed E-state index contributed by atoms with van der Waals surface area (Å²) in [5.41, 5.74) is 1.37. The summed E-state index contributed by atoms with van der Waals surface area (Å²) in [5.74, 6) is -0.750. The summed E-state index contributed by atoms with van der Waals surface area (Å²) in [6.45, 7) is 1.78. The van der Waals surface area contributed by atoms with Gasteiger partial charge in [-0.2, -0.15) is 13.2 Å². The lowest BCUT2D eigenvalue weighted by Crippen LogP contribution is -2.39. The van der Waals surface area contributed by atoms with Gasteiger partial charge in [0.05, 0.1) is 18.8 Å². The number of anilines is 2. The number of nitrogens with one attached hydrogen (secondary N) is 1. The van der Waals surface area contributed by atoms with E-state index in [0.717, 1.165) is 11.6 Å². The molecule has 0 atom stereocenters. The maximum absolute atomic E-state index is 12.6. The number of carbonyl (C=O) groups excluding carboxylic acids is 1. The zero-order chi connectivity index (χ0) is 15.9. The third kappa shape index (κ3) is 2.63. The fourth-order valence-electron chi connectivity index (χ4n) is 2.23. The van der Waals surface area contributed by atoms with Crippen molar-refractivity contribution >= 4 is 17.4 Å². The molecule has 0 bridgehead atoms. The first kappa shape index (κ1) is 14.4. The number of furan rings is 1. The number of halogens is 3. The van der Waals surface area contributed by atoms with Crippen molar-refractivity contribution in [1.29, 1.82) is 0 Å². The fraction of sp³-hybridized carbons (Fsp3) is 0.286. The highest BCUT2D eigenvalue weighted by Gasteiger charge is 2.35. The standard InChI is InChI=1S/C14H12F3N3O2/c1-8-4-10-13(18-5-8)19-6-12(21)20(10)7-9-2-3-11(22-9)14(15,16)17/h2-5H,6-7H2,1H3,(H,18,19). The average Bonchev–Trinajstić information content (AvgIpc) is 2.91. The molecule has 0 unspecified atom stereocenters. The van der Waals surface area contributed by atoms with E-state index in [4.69, 9.17) is 4.42 Å². The highest BCUT2D eigenvalue weighted by molar-refractivity contribution is 6.01. The van der Waals surface area contributed by atoms with Gasteiger partial charge >= 0.3 is 6.18 Å². The van der Waals surface area contributed by atoms with E-state index in [1.807, 2.05) is 6.92 Å². The zero-order valence-electron chi connectivity index (χ0n) is 11.6. The van der Waals surface area contributed by atoms with Gasteiger partial charge in [0.1, 0.15) is 11.6 Å². The number of nitrogens with zero attached hydrogens (tertiary/aromatic N) is 2. The molecule has 22 heavy (non-hydrogen) atoms. The van der Waals surface area contributed by atoms with Crippen LogP contribution in [0.4, 0.5) is 24.7 Å². The van der Waals surface area contributed by atoms with Crippen molar-refractivity contribution in [3.8, 4) is 0 Å². The summed E-state index contributed by atoms with van der Waals surface area (Å²) in [6.07, 6.45) is -2.89. The SMILES string of the molecule is Cc1cnc2c(c1)N(Cc1ccc(C(F)(F)F)o1)C(=O)CN2.